The third-order valence-electron chi connectivity index (χ3n) is 5.40. The minimum absolute atomic E-state index is 0.0383. The van der Waals surface area contributed by atoms with Crippen LogP contribution in [0.15, 0.2) is 24.3 Å². The van der Waals surface area contributed by atoms with Gasteiger partial charge in [-0.25, -0.2) is 4.39 Å². The van der Waals surface area contributed by atoms with Crippen molar-refractivity contribution in [3.8, 4) is 0 Å². The molecule has 2 saturated carbocycles. The fraction of sp³-hybridized carbons (Fsp3) is 0.526. The lowest BCUT2D eigenvalue weighted by molar-refractivity contribution is -0.153. The number of rotatable bonds is 7. The number of primary amides is 1. The number of hydrogen-bond acceptors (Lipinski definition) is 4. The lowest BCUT2D eigenvalue weighted by Crippen LogP contribution is -2.38. The maximum atomic E-state index is 13.1. The van der Waals surface area contributed by atoms with E-state index in [-0.39, 0.29) is 24.9 Å². The molecule has 140 valence electrons. The molecule has 0 radical (unpaired) electrons. The number of nitrogens with two attached hydrogens (primary N) is 1. The summed E-state index contributed by atoms with van der Waals surface area (Å²) in [6, 6.07) is 5.32. The van der Waals surface area contributed by atoms with Gasteiger partial charge < -0.3 is 15.4 Å². The van der Waals surface area contributed by atoms with Gasteiger partial charge in [-0.15, -0.1) is 0 Å². The number of nitrogens with zero attached hydrogens (tertiary/aromatic N) is 1. The first kappa shape index (κ1) is 18.4. The minimum atomic E-state index is -0.552. The third-order valence-corrected chi connectivity index (χ3v) is 5.40. The number of carbonyl (C=O) groups excluding carboxylic acids is 3. The van der Waals surface area contributed by atoms with E-state index in [0.29, 0.717) is 17.5 Å². The molecular formula is C19H23FN2O4. The van der Waals surface area contributed by atoms with E-state index in [0.717, 1.165) is 19.3 Å². The molecule has 2 amide bonds. The summed E-state index contributed by atoms with van der Waals surface area (Å²) in [6.45, 7) is -0.353. The fourth-order valence-corrected chi connectivity index (χ4v) is 4.09. The van der Waals surface area contributed by atoms with Gasteiger partial charge in [0.1, 0.15) is 5.82 Å². The average molecular weight is 362 g/mol. The first-order chi connectivity index (χ1) is 12.4. The minimum Gasteiger partial charge on any atom is -0.455 e. The topological polar surface area (TPSA) is 89.7 Å². The van der Waals surface area contributed by atoms with E-state index in [9.17, 15) is 18.8 Å². The number of amides is 2. The predicted octanol–water partition coefficient (Wildman–Crippen LogP) is 2.01. The second kappa shape index (κ2) is 7.85. The van der Waals surface area contributed by atoms with Gasteiger partial charge in [0, 0.05) is 18.7 Å². The molecule has 0 saturated heterocycles. The molecule has 2 fully saturated rings. The average Bonchev–Trinajstić information content (AvgIpc) is 3.24. The third kappa shape index (κ3) is 4.20. The fourth-order valence-electron chi connectivity index (χ4n) is 4.09. The Morgan fingerprint density at radius 1 is 1.15 bits per heavy atom. The van der Waals surface area contributed by atoms with E-state index in [4.69, 9.17) is 10.5 Å². The lowest BCUT2D eigenvalue weighted by Gasteiger charge is -2.24. The Morgan fingerprint density at radius 2 is 1.88 bits per heavy atom. The van der Waals surface area contributed by atoms with Gasteiger partial charge in [0.25, 0.3) is 5.91 Å². The molecule has 1 aromatic carbocycles. The van der Waals surface area contributed by atoms with Crippen LogP contribution in [0.25, 0.3) is 0 Å². The molecule has 2 bridgehead atoms. The van der Waals surface area contributed by atoms with Crippen LogP contribution >= 0.6 is 0 Å². The molecule has 3 atom stereocenters. The summed E-state index contributed by atoms with van der Waals surface area (Å²) in [5.41, 5.74) is 5.59. The van der Waals surface area contributed by atoms with Crippen LogP contribution in [0, 0.1) is 23.6 Å². The van der Waals surface area contributed by atoms with Gasteiger partial charge in [-0.1, -0.05) is 6.42 Å². The molecule has 3 unspecified atom stereocenters. The summed E-state index contributed by atoms with van der Waals surface area (Å²) >= 11 is 0. The highest BCUT2D eigenvalue weighted by atomic mass is 19.1. The van der Waals surface area contributed by atoms with Crippen LogP contribution in [0.2, 0.25) is 0 Å². The monoisotopic (exact) mass is 362 g/mol. The van der Waals surface area contributed by atoms with Crippen molar-refractivity contribution in [1.82, 2.24) is 0 Å². The van der Waals surface area contributed by atoms with Crippen molar-refractivity contribution < 1.29 is 23.5 Å². The summed E-state index contributed by atoms with van der Waals surface area (Å²) in [5.74, 6) is -0.881. The highest BCUT2D eigenvalue weighted by molar-refractivity contribution is 5.95. The van der Waals surface area contributed by atoms with Crippen molar-refractivity contribution in [2.75, 3.05) is 18.1 Å². The standard InChI is InChI=1S/C19H23FN2O4/c20-14-3-5-15(6-4-14)22(8-7-17(21)23)18(24)11-26-19(25)16-10-12-1-2-13(16)9-12/h3-6,12-13,16H,1-2,7-11H2,(H2,21,23). The number of halogens is 1. The highest BCUT2D eigenvalue weighted by Crippen LogP contribution is 2.48. The van der Waals surface area contributed by atoms with Crippen LogP contribution in [0.1, 0.15) is 32.1 Å². The number of hydrogen-bond donors (Lipinski definition) is 1. The Balaban J connectivity index is 1.60. The molecule has 6 nitrogen and oxygen atoms in total. The molecular weight excluding hydrogens is 339 g/mol. The smallest absolute Gasteiger partial charge is 0.309 e. The molecule has 2 N–H and O–H groups in total. The van der Waals surface area contributed by atoms with Crippen molar-refractivity contribution in [2.24, 2.45) is 23.5 Å². The molecule has 1 aromatic rings. The van der Waals surface area contributed by atoms with Crippen molar-refractivity contribution in [1.29, 1.82) is 0 Å². The van der Waals surface area contributed by atoms with Crippen molar-refractivity contribution in [3.05, 3.63) is 30.1 Å². The Bertz CT molecular complexity index is 691. The Hall–Kier alpha value is -2.44. The molecule has 7 heteroatoms. The summed E-state index contributed by atoms with van der Waals surface area (Å²) in [7, 11) is 0. The summed E-state index contributed by atoms with van der Waals surface area (Å²) in [6.07, 6.45) is 4.12. The van der Waals surface area contributed by atoms with Crippen LogP contribution in [-0.4, -0.2) is 30.9 Å². The van der Waals surface area contributed by atoms with E-state index in [1.54, 1.807) is 0 Å². The normalized spacial score (nSPS) is 23.7. The van der Waals surface area contributed by atoms with Gasteiger partial charge in [-0.2, -0.15) is 0 Å². The summed E-state index contributed by atoms with van der Waals surface area (Å²) in [5, 5.41) is 0. The van der Waals surface area contributed by atoms with Gasteiger partial charge in [0.2, 0.25) is 5.91 Å². The first-order valence-corrected chi connectivity index (χ1v) is 8.95. The van der Waals surface area contributed by atoms with Gasteiger partial charge in [-0.05, 0) is 55.4 Å². The zero-order valence-electron chi connectivity index (χ0n) is 14.5. The molecule has 0 aromatic heterocycles. The van der Waals surface area contributed by atoms with E-state index >= 15 is 0 Å². The predicted molar refractivity (Wildman–Crippen MR) is 92.5 cm³/mol. The number of anilines is 1. The quantitative estimate of drug-likeness (QED) is 0.752. The van der Waals surface area contributed by atoms with E-state index in [2.05, 4.69) is 0 Å². The van der Waals surface area contributed by atoms with Gasteiger partial charge in [0.15, 0.2) is 6.61 Å². The zero-order valence-corrected chi connectivity index (χ0v) is 14.5. The molecule has 26 heavy (non-hydrogen) atoms. The lowest BCUT2D eigenvalue weighted by atomic mass is 9.89. The molecule has 2 aliphatic carbocycles. The zero-order chi connectivity index (χ0) is 18.7. The van der Waals surface area contributed by atoms with Crippen molar-refractivity contribution >= 4 is 23.5 Å². The van der Waals surface area contributed by atoms with Gasteiger partial charge in [0.05, 0.1) is 5.92 Å². The van der Waals surface area contributed by atoms with E-state index < -0.39 is 24.2 Å². The van der Waals surface area contributed by atoms with Gasteiger partial charge in [-0.3, -0.25) is 14.4 Å². The van der Waals surface area contributed by atoms with Crippen molar-refractivity contribution in [3.63, 3.8) is 0 Å². The van der Waals surface area contributed by atoms with Crippen LogP contribution < -0.4 is 10.6 Å². The number of carbonyl (C=O) groups is 3. The maximum absolute atomic E-state index is 13.1. The SMILES string of the molecule is NC(=O)CCN(C(=O)COC(=O)C1CC2CCC1C2)c1ccc(F)cc1. The Kier molecular flexibility index (Phi) is 5.54. The van der Waals surface area contributed by atoms with Crippen molar-refractivity contribution in [2.45, 2.75) is 32.1 Å². The number of fused-ring (bicyclic) bond motifs is 2. The number of esters is 1. The number of ether oxygens (including phenoxy) is 1. The van der Waals surface area contributed by atoms with E-state index in [1.807, 2.05) is 0 Å². The maximum Gasteiger partial charge on any atom is 0.309 e. The first-order valence-electron chi connectivity index (χ1n) is 8.95. The Labute approximate surface area is 151 Å². The van der Waals surface area contributed by atoms with Crippen LogP contribution in [-0.2, 0) is 19.1 Å². The summed E-state index contributed by atoms with van der Waals surface area (Å²) in [4.78, 5) is 37.2. The second-order valence-electron chi connectivity index (χ2n) is 7.13. The molecule has 0 spiro atoms. The largest absolute Gasteiger partial charge is 0.455 e. The molecule has 0 aliphatic heterocycles. The van der Waals surface area contributed by atoms with Crippen LogP contribution in [0.4, 0.5) is 10.1 Å². The van der Waals surface area contributed by atoms with Crippen LogP contribution in [0.3, 0.4) is 0 Å². The van der Waals surface area contributed by atoms with E-state index in [1.165, 1.54) is 35.6 Å². The van der Waals surface area contributed by atoms with Gasteiger partial charge >= 0.3 is 5.97 Å². The molecule has 3 rings (SSSR count). The van der Waals surface area contributed by atoms with Crippen LogP contribution in [0.5, 0.6) is 0 Å². The molecule has 2 aliphatic rings. The molecule has 0 heterocycles. The highest BCUT2D eigenvalue weighted by Gasteiger charge is 2.44. The summed E-state index contributed by atoms with van der Waals surface area (Å²) < 4.78 is 18.4. The number of benzene rings is 1. The second-order valence-corrected chi connectivity index (χ2v) is 7.13. The Morgan fingerprint density at radius 3 is 2.46 bits per heavy atom.